The summed E-state index contributed by atoms with van der Waals surface area (Å²) < 4.78 is 125. The minimum Gasteiger partial charge on any atom is -0.369 e. The number of carbonyl (C=O) groups is 1. The molecule has 1 saturated heterocycles. The highest BCUT2D eigenvalue weighted by Gasteiger charge is 2.74. The number of benzene rings is 2. The van der Waals surface area contributed by atoms with Crippen LogP contribution < -0.4 is 10.2 Å². The molecule has 1 aliphatic carbocycles. The van der Waals surface area contributed by atoms with Crippen LogP contribution in [0.1, 0.15) is 63.5 Å². The summed E-state index contributed by atoms with van der Waals surface area (Å²) in [6, 6.07) is 6.63. The molecule has 3 aliphatic rings. The van der Waals surface area contributed by atoms with Crippen molar-refractivity contribution >= 4 is 36.0 Å². The smallest absolute Gasteiger partial charge is 0.369 e. The van der Waals surface area contributed by atoms with Gasteiger partial charge in [-0.05, 0) is 55.3 Å². The molecule has 3 atom stereocenters. The fourth-order valence-corrected chi connectivity index (χ4v) is 9.82. The lowest BCUT2D eigenvalue weighted by Crippen LogP contribution is -2.60. The molecule has 0 N–H and O–H groups in total. The summed E-state index contributed by atoms with van der Waals surface area (Å²) in [7, 11) is -1.98. The van der Waals surface area contributed by atoms with Gasteiger partial charge in [-0.25, -0.2) is 12.8 Å². The Morgan fingerprint density at radius 1 is 0.932 bits per heavy atom. The molecule has 5 rings (SSSR count). The van der Waals surface area contributed by atoms with Crippen molar-refractivity contribution in [2.75, 3.05) is 24.5 Å². The maximum atomic E-state index is 15.2. The second-order valence-electron chi connectivity index (χ2n) is 12.3. The minimum atomic E-state index is -6.33. The summed E-state index contributed by atoms with van der Waals surface area (Å²) in [4.78, 5) is 17.0. The first-order valence-corrected chi connectivity index (χ1v) is 16.5. The van der Waals surface area contributed by atoms with Crippen LogP contribution in [0.15, 0.2) is 47.4 Å². The number of amides is 1. The number of likely N-dealkylation sites (N-methyl/N-ethyl adjacent to an activating group) is 1. The van der Waals surface area contributed by atoms with E-state index in [0.717, 1.165) is 25.3 Å². The summed E-state index contributed by atoms with van der Waals surface area (Å²) in [5.41, 5.74) is -8.38. The number of sulfone groups is 1. The molecule has 242 valence electrons. The molecule has 3 unspecified atom stereocenters. The number of anilines is 1. The van der Waals surface area contributed by atoms with E-state index >= 15 is 4.39 Å². The van der Waals surface area contributed by atoms with Crippen LogP contribution in [0.2, 0.25) is 0 Å². The Morgan fingerprint density at radius 2 is 1.52 bits per heavy atom. The van der Waals surface area contributed by atoms with Crippen molar-refractivity contribution in [3.05, 3.63) is 53.6 Å². The zero-order chi connectivity index (χ0) is 32.5. The number of halogens is 7. The van der Waals surface area contributed by atoms with Gasteiger partial charge in [0.15, 0.2) is 9.84 Å². The van der Waals surface area contributed by atoms with Crippen molar-refractivity contribution < 1.29 is 43.9 Å². The van der Waals surface area contributed by atoms with Crippen molar-refractivity contribution in [2.45, 2.75) is 86.1 Å². The highest BCUT2D eigenvalue weighted by molar-refractivity contribution is 7.92. The van der Waals surface area contributed by atoms with E-state index in [0.29, 0.717) is 30.3 Å². The first-order valence-electron chi connectivity index (χ1n) is 14.5. The summed E-state index contributed by atoms with van der Waals surface area (Å²) in [6.45, 7) is 3.37. The number of likely N-dealkylation sites (tertiary alicyclic amines) is 1. The van der Waals surface area contributed by atoms with Crippen LogP contribution in [0.4, 0.5) is 36.4 Å². The molecule has 14 heteroatoms. The van der Waals surface area contributed by atoms with Crippen LogP contribution in [0.3, 0.4) is 0 Å². The van der Waals surface area contributed by atoms with Crippen LogP contribution in [0.25, 0.3) is 0 Å². The van der Waals surface area contributed by atoms with Gasteiger partial charge in [-0.2, -0.15) is 26.3 Å². The van der Waals surface area contributed by atoms with Gasteiger partial charge in [-0.3, -0.25) is 4.79 Å². The van der Waals surface area contributed by atoms with Gasteiger partial charge >= 0.3 is 18.0 Å². The van der Waals surface area contributed by atoms with E-state index < -0.39 is 49.6 Å². The fraction of sp³-hybridized carbons (Fsp3) is 0.567. The van der Waals surface area contributed by atoms with E-state index in [2.05, 4.69) is 9.24 Å². The third-order valence-electron chi connectivity index (χ3n) is 9.79. The second kappa shape index (κ2) is 10.9. The van der Waals surface area contributed by atoms with E-state index in [1.54, 1.807) is 24.0 Å². The molecular weight excluding hydrogens is 632 g/mol. The van der Waals surface area contributed by atoms with Crippen molar-refractivity contribution in [1.29, 1.82) is 0 Å². The molecule has 0 bridgehead atoms. The number of hydrogen-bond donors (Lipinski definition) is 0. The van der Waals surface area contributed by atoms with E-state index in [4.69, 9.17) is 0 Å². The number of carbonyl (C=O) groups excluding carboxylic acids is 1. The summed E-state index contributed by atoms with van der Waals surface area (Å²) >= 11 is 0. The third kappa shape index (κ3) is 4.74. The molecular formula is C30H34F7N2O3PS. The SMILES string of the molecule is CCN1CC2N(C(=O)C3(C)CCCCC3)CCC2(S(=O)(=O)c2ccc(P)cc2)c2ccc(C(F)(C(F)(F)F)C(F)(F)F)cc21. The summed E-state index contributed by atoms with van der Waals surface area (Å²) in [5.74, 6) is -0.215. The lowest BCUT2D eigenvalue weighted by atomic mass is 9.74. The molecule has 2 heterocycles. The van der Waals surface area contributed by atoms with Crippen LogP contribution in [-0.2, 0) is 25.0 Å². The van der Waals surface area contributed by atoms with Crippen molar-refractivity contribution in [3.63, 3.8) is 0 Å². The first-order chi connectivity index (χ1) is 20.3. The van der Waals surface area contributed by atoms with Crippen LogP contribution >= 0.6 is 9.24 Å². The highest BCUT2D eigenvalue weighted by atomic mass is 32.2. The normalized spacial score (nSPS) is 24.2. The van der Waals surface area contributed by atoms with Crippen molar-refractivity contribution in [2.24, 2.45) is 5.41 Å². The summed E-state index contributed by atoms with van der Waals surface area (Å²) in [6.07, 6.45) is -8.91. The van der Waals surface area contributed by atoms with Crippen molar-refractivity contribution in [1.82, 2.24) is 4.90 Å². The van der Waals surface area contributed by atoms with E-state index in [-0.39, 0.29) is 48.1 Å². The maximum absolute atomic E-state index is 15.2. The van der Waals surface area contributed by atoms with Gasteiger partial charge in [0.25, 0.3) is 0 Å². The standard InChI is InChI=1S/C30H34F7N2O3PS/c1-3-38-18-24-27(44(41,42)21-10-8-20(43)9-11-21,15-16-39(24)25(40)26(2)13-5-4-6-14-26)22-12-7-19(17-23(22)38)28(31,29(32,33)34)30(35,36)37/h7-12,17,24H,3-6,13-16,18,43H2,1-2H3. The van der Waals surface area contributed by atoms with E-state index in [9.17, 15) is 39.6 Å². The average molecular weight is 667 g/mol. The second-order valence-corrected chi connectivity index (χ2v) is 15.1. The molecule has 2 aromatic carbocycles. The van der Waals surface area contributed by atoms with Crippen LogP contribution in [0.5, 0.6) is 0 Å². The zero-order valence-electron chi connectivity index (χ0n) is 24.2. The molecule has 0 spiro atoms. The third-order valence-corrected chi connectivity index (χ3v) is 12.7. The Balaban J connectivity index is 1.75. The minimum absolute atomic E-state index is 0.0247. The lowest BCUT2D eigenvalue weighted by Gasteiger charge is -2.48. The highest BCUT2D eigenvalue weighted by Crippen LogP contribution is 2.58. The predicted octanol–water partition coefficient (Wildman–Crippen LogP) is 6.56. The fourth-order valence-electron chi connectivity index (χ4n) is 7.33. The molecule has 0 aromatic heterocycles. The average Bonchev–Trinajstić information content (AvgIpc) is 3.36. The van der Waals surface area contributed by atoms with Crippen LogP contribution in [0, 0.1) is 5.41 Å². The Morgan fingerprint density at radius 3 is 2.07 bits per heavy atom. The largest absolute Gasteiger partial charge is 0.435 e. The Kier molecular flexibility index (Phi) is 8.13. The monoisotopic (exact) mass is 666 g/mol. The maximum Gasteiger partial charge on any atom is 0.435 e. The quantitative estimate of drug-likeness (QED) is 0.268. The molecule has 44 heavy (non-hydrogen) atoms. The van der Waals surface area contributed by atoms with Gasteiger partial charge in [-0.15, -0.1) is 9.24 Å². The zero-order valence-corrected chi connectivity index (χ0v) is 26.2. The Hall–Kier alpha value is -2.40. The number of hydrogen-bond acceptors (Lipinski definition) is 4. The number of nitrogens with zero attached hydrogens (tertiary/aromatic N) is 2. The van der Waals surface area contributed by atoms with Gasteiger partial charge in [0.05, 0.1) is 10.9 Å². The molecule has 1 saturated carbocycles. The van der Waals surface area contributed by atoms with Gasteiger partial charge in [-0.1, -0.05) is 50.5 Å². The van der Waals surface area contributed by atoms with E-state index in [1.165, 1.54) is 17.0 Å². The van der Waals surface area contributed by atoms with Gasteiger partial charge in [0, 0.05) is 36.3 Å². The van der Waals surface area contributed by atoms with Crippen molar-refractivity contribution in [3.8, 4) is 0 Å². The number of fused-ring (bicyclic) bond motifs is 3. The van der Waals surface area contributed by atoms with E-state index in [1.807, 2.05) is 6.92 Å². The van der Waals surface area contributed by atoms with Gasteiger partial charge in [0.1, 0.15) is 4.75 Å². The Labute approximate surface area is 254 Å². The lowest BCUT2D eigenvalue weighted by molar-refractivity contribution is -0.348. The number of rotatable bonds is 5. The molecule has 0 radical (unpaired) electrons. The molecule has 5 nitrogen and oxygen atoms in total. The Bertz CT molecular complexity index is 1530. The topological polar surface area (TPSA) is 57.7 Å². The first kappa shape index (κ1) is 33.0. The molecule has 2 aromatic rings. The molecule has 2 aliphatic heterocycles. The van der Waals surface area contributed by atoms with Gasteiger partial charge < -0.3 is 9.80 Å². The number of alkyl halides is 7. The molecule has 1 amide bonds. The van der Waals surface area contributed by atoms with Crippen LogP contribution in [-0.4, -0.2) is 57.3 Å². The molecule has 2 fully saturated rings. The van der Waals surface area contributed by atoms with Gasteiger partial charge in [0.2, 0.25) is 5.91 Å². The predicted molar refractivity (Wildman–Crippen MR) is 155 cm³/mol. The summed E-state index contributed by atoms with van der Waals surface area (Å²) in [5, 5.41) is 0.691.